The minimum atomic E-state index is -0.461. The fourth-order valence-corrected chi connectivity index (χ4v) is 3.32. The molecule has 0 unspecified atom stereocenters. The van der Waals surface area contributed by atoms with E-state index in [1.165, 1.54) is 6.07 Å². The highest BCUT2D eigenvalue weighted by Crippen LogP contribution is 2.31. The Kier molecular flexibility index (Phi) is 5.81. The Morgan fingerprint density at radius 3 is 2.67 bits per heavy atom. The van der Waals surface area contributed by atoms with Crippen LogP contribution in [0.5, 0.6) is 0 Å². The average Bonchev–Trinajstić information content (AvgIpc) is 3.16. The molecule has 0 atom stereocenters. The first kappa shape index (κ1) is 19.0. The molecule has 0 spiro atoms. The summed E-state index contributed by atoms with van der Waals surface area (Å²) in [6.07, 6.45) is 2.30. The molecule has 142 valence electrons. The van der Waals surface area contributed by atoms with Crippen LogP contribution >= 0.6 is 11.6 Å². The smallest absolute Gasteiger partial charge is 0.274 e. The number of nitrogens with zero attached hydrogens (tertiary/aromatic N) is 2. The monoisotopic (exact) mass is 388 g/mol. The van der Waals surface area contributed by atoms with Crippen molar-refractivity contribution in [2.75, 3.05) is 35.2 Å². The summed E-state index contributed by atoms with van der Waals surface area (Å²) in [5, 5.41) is 17.4. The summed E-state index contributed by atoms with van der Waals surface area (Å²) in [6.45, 7) is 3.65. The lowest BCUT2D eigenvalue weighted by Gasteiger charge is -2.22. The normalized spacial score (nSPS) is 13.5. The molecular weight excluding hydrogens is 368 g/mol. The van der Waals surface area contributed by atoms with E-state index >= 15 is 0 Å². The van der Waals surface area contributed by atoms with Crippen molar-refractivity contribution in [2.45, 2.75) is 19.8 Å². The zero-order valence-corrected chi connectivity index (χ0v) is 15.8. The largest absolute Gasteiger partial charge is 0.374 e. The highest BCUT2D eigenvalue weighted by atomic mass is 35.5. The van der Waals surface area contributed by atoms with E-state index < -0.39 is 4.92 Å². The molecule has 1 aliphatic rings. The first-order valence-electron chi connectivity index (χ1n) is 8.77. The van der Waals surface area contributed by atoms with Crippen molar-refractivity contribution in [1.29, 1.82) is 0 Å². The summed E-state index contributed by atoms with van der Waals surface area (Å²) in [6, 6.07) is 10.2. The third-order valence-electron chi connectivity index (χ3n) is 4.53. The van der Waals surface area contributed by atoms with Crippen LogP contribution in [0.4, 0.5) is 22.7 Å². The van der Waals surface area contributed by atoms with Gasteiger partial charge < -0.3 is 15.5 Å². The molecule has 1 fully saturated rings. The SMILES string of the molecule is Cc1ccc(NC(=O)CNc2cc(Cl)ccc2N2CCCC2)cc1[N+](=O)[O-]. The van der Waals surface area contributed by atoms with Crippen LogP contribution < -0.4 is 15.5 Å². The quantitative estimate of drug-likeness (QED) is 0.571. The Morgan fingerprint density at radius 2 is 1.96 bits per heavy atom. The average molecular weight is 389 g/mol. The minimum absolute atomic E-state index is 0.0214. The summed E-state index contributed by atoms with van der Waals surface area (Å²) in [4.78, 5) is 25.1. The molecule has 2 aromatic carbocycles. The number of benzene rings is 2. The first-order chi connectivity index (χ1) is 12.9. The zero-order valence-electron chi connectivity index (χ0n) is 15.0. The number of hydrogen-bond donors (Lipinski definition) is 2. The molecule has 1 heterocycles. The fraction of sp³-hybridized carbons (Fsp3) is 0.316. The van der Waals surface area contributed by atoms with Gasteiger partial charge in [-0.05, 0) is 44.0 Å². The molecule has 8 heteroatoms. The maximum atomic E-state index is 12.3. The number of amides is 1. The summed E-state index contributed by atoms with van der Waals surface area (Å²) in [5.74, 6) is -0.291. The van der Waals surface area contributed by atoms with E-state index in [2.05, 4.69) is 15.5 Å². The van der Waals surface area contributed by atoms with E-state index in [1.807, 2.05) is 12.1 Å². The number of rotatable bonds is 6. The molecule has 2 aromatic rings. The highest BCUT2D eigenvalue weighted by molar-refractivity contribution is 6.31. The number of aryl methyl sites for hydroxylation is 1. The third-order valence-corrected chi connectivity index (χ3v) is 4.77. The van der Waals surface area contributed by atoms with Gasteiger partial charge in [-0.15, -0.1) is 0 Å². The standard InChI is InChI=1S/C19H21ClN4O3/c1-13-4-6-15(11-18(13)24(26)27)22-19(25)12-21-16-10-14(20)5-7-17(16)23-8-2-3-9-23/h4-7,10-11,21H,2-3,8-9,12H2,1H3,(H,22,25). The van der Waals surface area contributed by atoms with Crippen molar-refractivity contribution in [1.82, 2.24) is 0 Å². The van der Waals surface area contributed by atoms with E-state index in [-0.39, 0.29) is 18.1 Å². The first-order valence-corrected chi connectivity index (χ1v) is 9.15. The van der Waals surface area contributed by atoms with Gasteiger partial charge in [-0.25, -0.2) is 0 Å². The van der Waals surface area contributed by atoms with Crippen LogP contribution in [0.2, 0.25) is 5.02 Å². The number of hydrogen-bond acceptors (Lipinski definition) is 5. The van der Waals surface area contributed by atoms with Crippen LogP contribution in [0.25, 0.3) is 0 Å². The Labute approximate surface area is 162 Å². The number of carbonyl (C=O) groups excluding carboxylic acids is 1. The van der Waals surface area contributed by atoms with Crippen LogP contribution in [-0.4, -0.2) is 30.5 Å². The predicted molar refractivity (Wildman–Crippen MR) is 108 cm³/mol. The number of anilines is 3. The van der Waals surface area contributed by atoms with E-state index in [4.69, 9.17) is 11.6 Å². The summed E-state index contributed by atoms with van der Waals surface area (Å²) >= 11 is 6.11. The Hall–Kier alpha value is -2.80. The second kappa shape index (κ2) is 8.26. The highest BCUT2D eigenvalue weighted by Gasteiger charge is 2.17. The minimum Gasteiger partial charge on any atom is -0.374 e. The third kappa shape index (κ3) is 4.68. The van der Waals surface area contributed by atoms with Crippen LogP contribution in [0.3, 0.4) is 0 Å². The van der Waals surface area contributed by atoms with Gasteiger partial charge in [-0.3, -0.25) is 14.9 Å². The molecule has 0 aliphatic carbocycles. The Morgan fingerprint density at radius 1 is 1.22 bits per heavy atom. The van der Waals surface area contributed by atoms with Crippen molar-refractivity contribution in [3.05, 3.63) is 57.1 Å². The van der Waals surface area contributed by atoms with E-state index in [9.17, 15) is 14.9 Å². The van der Waals surface area contributed by atoms with Gasteiger partial charge >= 0.3 is 0 Å². The van der Waals surface area contributed by atoms with Gasteiger partial charge in [0.15, 0.2) is 0 Å². The van der Waals surface area contributed by atoms with Gasteiger partial charge in [0.2, 0.25) is 5.91 Å². The number of nitrogens with one attached hydrogen (secondary N) is 2. The van der Waals surface area contributed by atoms with Crippen molar-refractivity contribution in [3.8, 4) is 0 Å². The maximum Gasteiger partial charge on any atom is 0.274 e. The second-order valence-corrected chi connectivity index (χ2v) is 6.95. The lowest BCUT2D eigenvalue weighted by Crippen LogP contribution is -2.24. The molecule has 7 nitrogen and oxygen atoms in total. The Bertz CT molecular complexity index is 866. The van der Waals surface area contributed by atoms with Crippen molar-refractivity contribution < 1.29 is 9.72 Å². The number of nitro groups is 1. The maximum absolute atomic E-state index is 12.3. The molecule has 2 N–H and O–H groups in total. The fourth-order valence-electron chi connectivity index (χ4n) is 3.15. The number of halogens is 1. The molecular formula is C19H21ClN4O3. The molecule has 0 bridgehead atoms. The van der Waals surface area contributed by atoms with Gasteiger partial charge in [0.1, 0.15) is 0 Å². The zero-order chi connectivity index (χ0) is 19.4. The molecule has 1 aliphatic heterocycles. The van der Waals surface area contributed by atoms with Crippen molar-refractivity contribution in [3.63, 3.8) is 0 Å². The second-order valence-electron chi connectivity index (χ2n) is 6.52. The molecule has 3 rings (SSSR count). The molecule has 0 aromatic heterocycles. The van der Waals surface area contributed by atoms with Crippen LogP contribution in [0, 0.1) is 17.0 Å². The van der Waals surface area contributed by atoms with Crippen molar-refractivity contribution >= 4 is 40.3 Å². The van der Waals surface area contributed by atoms with Gasteiger partial charge in [0.05, 0.1) is 22.8 Å². The van der Waals surface area contributed by atoms with Crippen molar-refractivity contribution in [2.24, 2.45) is 0 Å². The predicted octanol–water partition coefficient (Wildman–Crippen LogP) is 4.21. The van der Waals surface area contributed by atoms with Crippen LogP contribution in [-0.2, 0) is 4.79 Å². The van der Waals surface area contributed by atoms with Crippen LogP contribution in [0.15, 0.2) is 36.4 Å². The number of nitro benzene ring substituents is 1. The lowest BCUT2D eigenvalue weighted by molar-refractivity contribution is -0.385. The summed E-state index contributed by atoms with van der Waals surface area (Å²) in [5.41, 5.74) is 2.74. The molecule has 0 radical (unpaired) electrons. The summed E-state index contributed by atoms with van der Waals surface area (Å²) < 4.78 is 0. The molecule has 0 saturated carbocycles. The molecule has 27 heavy (non-hydrogen) atoms. The molecule has 1 saturated heterocycles. The number of carbonyl (C=O) groups is 1. The Balaban J connectivity index is 1.67. The van der Waals surface area contributed by atoms with Gasteiger partial charge in [0.25, 0.3) is 5.69 Å². The van der Waals surface area contributed by atoms with Gasteiger partial charge in [0, 0.05) is 35.4 Å². The van der Waals surface area contributed by atoms with E-state index in [1.54, 1.807) is 25.1 Å². The molecule has 1 amide bonds. The van der Waals surface area contributed by atoms with Crippen LogP contribution in [0.1, 0.15) is 18.4 Å². The van der Waals surface area contributed by atoms with Gasteiger partial charge in [-0.2, -0.15) is 0 Å². The lowest BCUT2D eigenvalue weighted by atomic mass is 10.2. The summed E-state index contributed by atoms with van der Waals surface area (Å²) in [7, 11) is 0. The van der Waals surface area contributed by atoms with E-state index in [0.717, 1.165) is 37.3 Å². The van der Waals surface area contributed by atoms with E-state index in [0.29, 0.717) is 16.3 Å². The topological polar surface area (TPSA) is 87.5 Å². The van der Waals surface area contributed by atoms with Gasteiger partial charge in [-0.1, -0.05) is 17.7 Å².